The fraction of sp³-hybridized carbons (Fsp3) is 0.471. The first-order valence-corrected chi connectivity index (χ1v) is 7.98. The molecule has 4 nitrogen and oxygen atoms in total. The summed E-state index contributed by atoms with van der Waals surface area (Å²) in [5, 5.41) is 14.2. The van der Waals surface area contributed by atoms with E-state index in [1.165, 1.54) is 12.1 Å². The van der Waals surface area contributed by atoms with Crippen LogP contribution in [0.5, 0.6) is 0 Å². The van der Waals surface area contributed by atoms with Gasteiger partial charge in [0.15, 0.2) is 0 Å². The number of rotatable bonds is 4. The van der Waals surface area contributed by atoms with Crippen LogP contribution >= 0.6 is 0 Å². The molecule has 130 valence electrons. The summed E-state index contributed by atoms with van der Waals surface area (Å²) in [5.41, 5.74) is 0.531. The molecule has 3 rings (SSSR count). The Morgan fingerprint density at radius 2 is 2.04 bits per heavy atom. The van der Waals surface area contributed by atoms with Gasteiger partial charge in [-0.25, -0.2) is 0 Å². The Labute approximate surface area is 138 Å². The van der Waals surface area contributed by atoms with Gasteiger partial charge in [0.1, 0.15) is 0 Å². The Kier molecular flexibility index (Phi) is 4.64. The van der Waals surface area contributed by atoms with Crippen molar-refractivity contribution in [2.24, 2.45) is 0 Å². The monoisotopic (exact) mass is 339 g/mol. The molecule has 7 heteroatoms. The fourth-order valence-electron chi connectivity index (χ4n) is 3.32. The van der Waals surface area contributed by atoms with Crippen LogP contribution in [0.3, 0.4) is 0 Å². The van der Waals surface area contributed by atoms with E-state index in [0.29, 0.717) is 19.5 Å². The van der Waals surface area contributed by atoms with Crippen molar-refractivity contribution in [2.45, 2.75) is 44.8 Å². The zero-order chi connectivity index (χ0) is 17.3. The molecule has 0 aliphatic carbocycles. The maximum absolute atomic E-state index is 13.3. The zero-order valence-electron chi connectivity index (χ0n) is 13.4. The van der Waals surface area contributed by atoms with E-state index >= 15 is 0 Å². The molecule has 0 amide bonds. The van der Waals surface area contributed by atoms with Gasteiger partial charge in [0.25, 0.3) is 0 Å². The topological polar surface area (TPSA) is 41.3 Å². The van der Waals surface area contributed by atoms with Crippen molar-refractivity contribution in [1.29, 1.82) is 0 Å². The van der Waals surface area contributed by atoms with Crippen LogP contribution in [0.15, 0.2) is 36.7 Å². The molecule has 0 radical (unpaired) electrons. The summed E-state index contributed by atoms with van der Waals surface area (Å²) >= 11 is 0. The molecule has 2 aromatic rings. The number of likely N-dealkylation sites (tertiary alicyclic amines) is 1. The molecular weight excluding hydrogens is 319 g/mol. The zero-order valence-corrected chi connectivity index (χ0v) is 13.4. The Morgan fingerprint density at radius 3 is 2.71 bits per heavy atom. The third-order valence-electron chi connectivity index (χ3n) is 4.40. The lowest BCUT2D eigenvalue weighted by Crippen LogP contribution is -2.25. The second kappa shape index (κ2) is 6.57. The summed E-state index contributed by atoms with van der Waals surface area (Å²) in [6.45, 7) is 3.53. The summed E-state index contributed by atoms with van der Waals surface area (Å²) in [4.78, 5) is 1.90. The molecule has 1 aromatic carbocycles. The SMILES string of the molecule is CCn1cc(CN2C[C@H](O)C[C@H]2c2ccccc2C(F)(F)F)cn1. The lowest BCUT2D eigenvalue weighted by atomic mass is 9.97. The highest BCUT2D eigenvalue weighted by Gasteiger charge is 2.39. The third kappa shape index (κ3) is 3.47. The maximum atomic E-state index is 13.3. The van der Waals surface area contributed by atoms with Gasteiger partial charge in [-0.15, -0.1) is 0 Å². The molecule has 1 N–H and O–H groups in total. The summed E-state index contributed by atoms with van der Waals surface area (Å²) in [5.74, 6) is 0. The van der Waals surface area contributed by atoms with Gasteiger partial charge >= 0.3 is 6.18 Å². The minimum Gasteiger partial charge on any atom is -0.392 e. The highest BCUT2D eigenvalue weighted by atomic mass is 19.4. The van der Waals surface area contributed by atoms with Crippen LogP contribution < -0.4 is 0 Å². The van der Waals surface area contributed by atoms with Crippen molar-refractivity contribution in [2.75, 3.05) is 6.54 Å². The van der Waals surface area contributed by atoms with Gasteiger partial charge in [-0.2, -0.15) is 18.3 Å². The number of β-amino-alcohol motifs (C(OH)–C–C–N with tert-alkyl or cyclic N) is 1. The van der Waals surface area contributed by atoms with E-state index < -0.39 is 23.9 Å². The number of alkyl halides is 3. The molecule has 2 atom stereocenters. The van der Waals surface area contributed by atoms with E-state index in [1.54, 1.807) is 16.9 Å². The van der Waals surface area contributed by atoms with Crippen LogP contribution in [0.25, 0.3) is 0 Å². The molecule has 2 heterocycles. The predicted octanol–water partition coefficient (Wildman–Crippen LogP) is 3.23. The second-order valence-corrected chi connectivity index (χ2v) is 6.12. The van der Waals surface area contributed by atoms with Gasteiger partial charge in [0.2, 0.25) is 0 Å². The lowest BCUT2D eigenvalue weighted by molar-refractivity contribution is -0.138. The van der Waals surface area contributed by atoms with Crippen LogP contribution in [0, 0.1) is 0 Å². The van der Waals surface area contributed by atoms with Gasteiger partial charge in [-0.3, -0.25) is 9.58 Å². The fourth-order valence-corrected chi connectivity index (χ4v) is 3.32. The number of aromatic nitrogens is 2. The van der Waals surface area contributed by atoms with Gasteiger partial charge < -0.3 is 5.11 Å². The number of aliphatic hydroxyl groups is 1. The number of aryl methyl sites for hydroxylation is 1. The van der Waals surface area contributed by atoms with E-state index in [9.17, 15) is 18.3 Å². The summed E-state index contributed by atoms with van der Waals surface area (Å²) in [6, 6.07) is 5.17. The molecule has 0 spiro atoms. The van der Waals surface area contributed by atoms with E-state index in [-0.39, 0.29) is 5.56 Å². The average molecular weight is 339 g/mol. The number of halogens is 3. The molecule has 1 fully saturated rings. The first-order chi connectivity index (χ1) is 11.4. The molecule has 1 aliphatic heterocycles. The van der Waals surface area contributed by atoms with Crippen molar-refractivity contribution in [3.8, 4) is 0 Å². The van der Waals surface area contributed by atoms with Crippen molar-refractivity contribution >= 4 is 0 Å². The molecule has 1 aliphatic rings. The third-order valence-corrected chi connectivity index (χ3v) is 4.40. The van der Waals surface area contributed by atoms with E-state index in [4.69, 9.17) is 0 Å². The van der Waals surface area contributed by atoms with Crippen LogP contribution in [0.1, 0.15) is 36.1 Å². The number of hydrogen-bond acceptors (Lipinski definition) is 3. The number of benzene rings is 1. The maximum Gasteiger partial charge on any atom is 0.416 e. The quantitative estimate of drug-likeness (QED) is 0.930. The first-order valence-electron chi connectivity index (χ1n) is 7.98. The molecule has 24 heavy (non-hydrogen) atoms. The predicted molar refractivity (Wildman–Crippen MR) is 83.1 cm³/mol. The van der Waals surface area contributed by atoms with Gasteiger partial charge in [-0.05, 0) is 25.0 Å². The van der Waals surface area contributed by atoms with Crippen molar-refractivity contribution < 1.29 is 18.3 Å². The Balaban J connectivity index is 1.88. The number of nitrogens with zero attached hydrogens (tertiary/aromatic N) is 3. The minimum absolute atomic E-state index is 0.226. The molecule has 0 bridgehead atoms. The molecular formula is C17H20F3N3O. The van der Waals surface area contributed by atoms with Crippen LogP contribution in [0.2, 0.25) is 0 Å². The molecule has 1 aromatic heterocycles. The minimum atomic E-state index is -4.40. The van der Waals surface area contributed by atoms with Crippen LogP contribution in [-0.4, -0.2) is 32.4 Å². The molecule has 0 saturated carbocycles. The second-order valence-electron chi connectivity index (χ2n) is 6.12. The number of aliphatic hydroxyl groups excluding tert-OH is 1. The Bertz CT molecular complexity index is 698. The van der Waals surface area contributed by atoms with Crippen LogP contribution in [-0.2, 0) is 19.3 Å². The van der Waals surface area contributed by atoms with Crippen molar-refractivity contribution in [3.05, 3.63) is 53.3 Å². The Morgan fingerprint density at radius 1 is 1.29 bits per heavy atom. The van der Waals surface area contributed by atoms with E-state index in [2.05, 4.69) is 5.10 Å². The summed E-state index contributed by atoms with van der Waals surface area (Å²) < 4.78 is 41.7. The van der Waals surface area contributed by atoms with Gasteiger partial charge in [0, 0.05) is 37.4 Å². The largest absolute Gasteiger partial charge is 0.416 e. The van der Waals surface area contributed by atoms with Crippen molar-refractivity contribution in [1.82, 2.24) is 14.7 Å². The summed E-state index contributed by atoms with van der Waals surface area (Å²) in [6.07, 6.45) is -1.12. The van der Waals surface area contributed by atoms with Crippen molar-refractivity contribution in [3.63, 3.8) is 0 Å². The van der Waals surface area contributed by atoms with Gasteiger partial charge in [-0.1, -0.05) is 18.2 Å². The first kappa shape index (κ1) is 17.0. The Hall–Kier alpha value is -1.86. The highest BCUT2D eigenvalue weighted by Crippen LogP contribution is 2.40. The molecule has 0 unspecified atom stereocenters. The smallest absolute Gasteiger partial charge is 0.392 e. The van der Waals surface area contributed by atoms with Gasteiger partial charge in [0.05, 0.1) is 17.9 Å². The van der Waals surface area contributed by atoms with E-state index in [1.807, 2.05) is 18.0 Å². The highest BCUT2D eigenvalue weighted by molar-refractivity contribution is 5.33. The summed E-state index contributed by atoms with van der Waals surface area (Å²) in [7, 11) is 0. The number of hydrogen-bond donors (Lipinski definition) is 1. The standard InChI is InChI=1S/C17H20F3N3O/c1-2-23-10-12(8-21-23)9-22-11-13(24)7-16(22)14-5-3-4-6-15(14)17(18,19)20/h3-6,8,10,13,16,24H,2,7,9,11H2,1H3/t13-,16+/m1/s1. The normalized spacial score (nSPS) is 22.2. The lowest BCUT2D eigenvalue weighted by Gasteiger charge is -2.26. The van der Waals surface area contributed by atoms with E-state index in [0.717, 1.165) is 18.2 Å². The molecule has 1 saturated heterocycles. The average Bonchev–Trinajstić information content (AvgIpc) is 3.13. The van der Waals surface area contributed by atoms with Crippen LogP contribution in [0.4, 0.5) is 13.2 Å².